The van der Waals surface area contributed by atoms with E-state index in [4.69, 9.17) is 0 Å². The van der Waals surface area contributed by atoms with Gasteiger partial charge in [-0.3, -0.25) is 18.7 Å². The number of carbonyl (C=O) groups is 2. The second kappa shape index (κ2) is 15.0. The lowest BCUT2D eigenvalue weighted by Crippen LogP contribution is -2.32. The van der Waals surface area contributed by atoms with E-state index in [2.05, 4.69) is 58.9 Å². The standard InChI is InChI=1S/C37H40N2O2.C2H6/c1-12-17-30-31-22-26(19-21-34(31)38(32(30)16-5)36(40)24(8)9)27(13-2)35-29(15-4)28(14-3)33(20-18-23(6)7)39(35)37(41)25(10)11;1-2/h12-23H,1,3-4,8,10H2,2,5-7,9,11H3;1-2H3/b20-18-,27-13-,30-17-,32-16+;. The third kappa shape index (κ3) is 6.54. The summed E-state index contributed by atoms with van der Waals surface area (Å²) in [4.78, 5) is 26.9. The normalized spacial score (nSPS) is 12.4. The third-order valence-corrected chi connectivity index (χ3v) is 6.93. The Kier molecular flexibility index (Phi) is 12.0. The Balaban J connectivity index is 0.00000316. The van der Waals surface area contributed by atoms with Crippen LogP contribution in [0.2, 0.25) is 0 Å². The number of nitrogens with zero attached hydrogens (tertiary/aromatic N) is 2. The first-order valence-corrected chi connectivity index (χ1v) is 14.7. The molecule has 0 saturated carbocycles. The van der Waals surface area contributed by atoms with Gasteiger partial charge in [-0.25, -0.2) is 0 Å². The maximum Gasteiger partial charge on any atom is 0.257 e. The SMILES string of the molecule is C=C/C=c1\c(=C/C)n(C(=O)C(=C)C)c2ccc(/C(=C/C)c3c(C=C)c(C=C)c(/C=C\C(C)C)n3C(=O)C(=C)C)cc12.CC. The molecule has 2 heterocycles. The molecule has 0 aliphatic carbocycles. The van der Waals surface area contributed by atoms with Crippen molar-refractivity contribution in [2.75, 3.05) is 0 Å². The van der Waals surface area contributed by atoms with Gasteiger partial charge < -0.3 is 0 Å². The first kappa shape index (κ1) is 34.5. The second-order valence-electron chi connectivity index (χ2n) is 10.3. The first-order valence-electron chi connectivity index (χ1n) is 14.7. The zero-order valence-electron chi connectivity index (χ0n) is 27.2. The number of rotatable bonds is 9. The Bertz CT molecular complexity index is 1810. The van der Waals surface area contributed by atoms with Crippen molar-refractivity contribution in [2.24, 2.45) is 5.92 Å². The van der Waals surface area contributed by atoms with Gasteiger partial charge in [0, 0.05) is 38.5 Å². The van der Waals surface area contributed by atoms with Gasteiger partial charge in [-0.05, 0) is 57.4 Å². The molecular weight excluding hydrogens is 528 g/mol. The van der Waals surface area contributed by atoms with Crippen molar-refractivity contribution in [1.82, 2.24) is 9.13 Å². The number of aromatic nitrogens is 2. The summed E-state index contributed by atoms with van der Waals surface area (Å²) < 4.78 is 3.41. The minimum atomic E-state index is -0.207. The van der Waals surface area contributed by atoms with Crippen LogP contribution in [0.25, 0.3) is 46.9 Å². The molecule has 0 bridgehead atoms. The van der Waals surface area contributed by atoms with Crippen LogP contribution in [0.5, 0.6) is 0 Å². The van der Waals surface area contributed by atoms with Crippen molar-refractivity contribution in [3.63, 3.8) is 0 Å². The zero-order chi connectivity index (χ0) is 32.6. The summed E-state index contributed by atoms with van der Waals surface area (Å²) in [5.41, 5.74) is 6.42. The van der Waals surface area contributed by atoms with E-state index in [1.807, 2.05) is 64.1 Å². The number of hydrogen-bond acceptors (Lipinski definition) is 2. The van der Waals surface area contributed by atoms with Gasteiger partial charge in [0.25, 0.3) is 11.8 Å². The van der Waals surface area contributed by atoms with E-state index in [0.29, 0.717) is 16.8 Å². The molecule has 4 heteroatoms. The molecular formula is C39H46N2O2. The van der Waals surface area contributed by atoms with E-state index in [-0.39, 0.29) is 17.7 Å². The number of fused-ring (bicyclic) bond motifs is 1. The fraction of sp³-hybridized carbons (Fsp3) is 0.231. The summed E-state index contributed by atoms with van der Waals surface area (Å²) in [6, 6.07) is 5.98. The van der Waals surface area contributed by atoms with Crippen molar-refractivity contribution in [2.45, 2.75) is 55.4 Å². The van der Waals surface area contributed by atoms with Crippen LogP contribution in [0.4, 0.5) is 0 Å². The molecule has 224 valence electrons. The van der Waals surface area contributed by atoms with Crippen LogP contribution in [-0.4, -0.2) is 20.9 Å². The molecule has 4 nitrogen and oxygen atoms in total. The molecule has 0 saturated heterocycles. The van der Waals surface area contributed by atoms with Gasteiger partial charge in [0.2, 0.25) is 0 Å². The highest BCUT2D eigenvalue weighted by Gasteiger charge is 2.26. The Labute approximate surface area is 257 Å². The summed E-state index contributed by atoms with van der Waals surface area (Å²) in [7, 11) is 0. The van der Waals surface area contributed by atoms with Crippen molar-refractivity contribution >= 4 is 58.7 Å². The van der Waals surface area contributed by atoms with Crippen molar-refractivity contribution in [3.05, 3.63) is 119 Å². The van der Waals surface area contributed by atoms with E-state index in [1.165, 1.54) is 0 Å². The van der Waals surface area contributed by atoms with E-state index in [1.54, 1.807) is 41.2 Å². The molecule has 0 amide bonds. The lowest BCUT2D eigenvalue weighted by Gasteiger charge is -2.15. The summed E-state index contributed by atoms with van der Waals surface area (Å²) >= 11 is 0. The molecule has 0 radical (unpaired) electrons. The van der Waals surface area contributed by atoms with Gasteiger partial charge in [-0.1, -0.05) is 109 Å². The van der Waals surface area contributed by atoms with Gasteiger partial charge in [0.15, 0.2) is 0 Å². The van der Waals surface area contributed by atoms with Crippen LogP contribution >= 0.6 is 0 Å². The summed E-state index contributed by atoms with van der Waals surface area (Å²) in [6.45, 7) is 35.4. The molecule has 3 rings (SSSR count). The average Bonchev–Trinajstić information content (AvgIpc) is 3.47. The van der Waals surface area contributed by atoms with Crippen LogP contribution in [0.3, 0.4) is 0 Å². The summed E-state index contributed by atoms with van der Waals surface area (Å²) in [5, 5.41) is 2.54. The molecule has 0 N–H and O–H groups in total. The second-order valence-corrected chi connectivity index (χ2v) is 10.3. The predicted molar refractivity (Wildman–Crippen MR) is 189 cm³/mol. The topological polar surface area (TPSA) is 44.0 Å². The molecule has 43 heavy (non-hydrogen) atoms. The maximum absolute atomic E-state index is 13.7. The highest BCUT2D eigenvalue weighted by atomic mass is 16.2. The molecule has 0 atom stereocenters. The molecule has 3 aromatic rings. The Morgan fingerprint density at radius 1 is 0.884 bits per heavy atom. The van der Waals surface area contributed by atoms with E-state index in [9.17, 15) is 9.59 Å². The van der Waals surface area contributed by atoms with Crippen LogP contribution in [0, 0.1) is 5.92 Å². The quantitative estimate of drug-likeness (QED) is 0.239. The van der Waals surface area contributed by atoms with Gasteiger partial charge in [0.05, 0.1) is 22.3 Å². The number of hydrogen-bond donors (Lipinski definition) is 0. The van der Waals surface area contributed by atoms with Crippen molar-refractivity contribution < 1.29 is 9.59 Å². The molecule has 0 unspecified atom stereocenters. The molecule has 0 fully saturated rings. The van der Waals surface area contributed by atoms with Crippen LogP contribution < -0.4 is 10.6 Å². The highest BCUT2D eigenvalue weighted by molar-refractivity contribution is 6.04. The minimum Gasteiger partial charge on any atom is -0.276 e. The van der Waals surface area contributed by atoms with Gasteiger partial charge in [0.1, 0.15) is 0 Å². The Hall–Kier alpha value is -4.70. The predicted octanol–water partition coefficient (Wildman–Crippen LogP) is 9.08. The van der Waals surface area contributed by atoms with Gasteiger partial charge >= 0.3 is 0 Å². The van der Waals surface area contributed by atoms with Gasteiger partial charge in [-0.15, -0.1) is 0 Å². The lowest BCUT2D eigenvalue weighted by atomic mass is 9.96. The Morgan fingerprint density at radius 2 is 1.47 bits per heavy atom. The average molecular weight is 575 g/mol. The number of carbonyl (C=O) groups excluding carboxylic acids is 2. The highest BCUT2D eigenvalue weighted by Crippen LogP contribution is 2.36. The fourth-order valence-electron chi connectivity index (χ4n) is 5.09. The minimum absolute atomic E-state index is 0.169. The van der Waals surface area contributed by atoms with Crippen LogP contribution in [-0.2, 0) is 0 Å². The van der Waals surface area contributed by atoms with E-state index >= 15 is 0 Å². The monoisotopic (exact) mass is 574 g/mol. The van der Waals surface area contributed by atoms with Crippen LogP contribution in [0.1, 0.15) is 93.1 Å². The molecule has 0 aliphatic rings. The Morgan fingerprint density at radius 3 is 1.93 bits per heavy atom. The molecule has 1 aromatic carbocycles. The molecule has 0 aliphatic heterocycles. The van der Waals surface area contributed by atoms with E-state index < -0.39 is 0 Å². The summed E-state index contributed by atoms with van der Waals surface area (Å²) in [6.07, 6.45) is 15.1. The maximum atomic E-state index is 13.7. The van der Waals surface area contributed by atoms with Crippen LogP contribution in [0.15, 0.2) is 80.5 Å². The van der Waals surface area contributed by atoms with Gasteiger partial charge in [-0.2, -0.15) is 0 Å². The van der Waals surface area contributed by atoms with Crippen molar-refractivity contribution in [1.29, 1.82) is 0 Å². The lowest BCUT2D eigenvalue weighted by molar-refractivity contribution is 0.0948. The number of allylic oxidation sites excluding steroid dienone is 5. The summed E-state index contributed by atoms with van der Waals surface area (Å²) in [5.74, 6) is -0.0927. The number of benzene rings is 1. The molecule has 0 spiro atoms. The smallest absolute Gasteiger partial charge is 0.257 e. The molecule has 2 aromatic heterocycles. The van der Waals surface area contributed by atoms with E-state index in [0.717, 1.165) is 49.4 Å². The van der Waals surface area contributed by atoms with Crippen molar-refractivity contribution in [3.8, 4) is 0 Å². The third-order valence-electron chi connectivity index (χ3n) is 6.93. The zero-order valence-corrected chi connectivity index (χ0v) is 27.2. The first-order chi connectivity index (χ1) is 20.5. The fourth-order valence-corrected chi connectivity index (χ4v) is 5.09. The largest absolute Gasteiger partial charge is 0.276 e.